The van der Waals surface area contributed by atoms with Crippen LogP contribution in [-0.2, 0) is 4.79 Å². The van der Waals surface area contributed by atoms with Gasteiger partial charge in [0, 0.05) is 6.15 Å². The average Bonchev–Trinajstić information content (AvgIpc) is 0.811. The molecule has 26 valence electrons. The van der Waals surface area contributed by atoms with Crippen LogP contribution in [0.1, 0.15) is 13.8 Å². The van der Waals surface area contributed by atoms with Gasteiger partial charge in [0.25, 0.3) is 0 Å². The summed E-state index contributed by atoms with van der Waals surface area (Å²) in [7, 11) is 0. The molecule has 0 fully saturated rings. The normalized spacial score (nSPS) is 5.20. The maximum absolute atomic E-state index is 9.44. The third-order valence-corrected chi connectivity index (χ3v) is 0. The summed E-state index contributed by atoms with van der Waals surface area (Å²) in [5, 5.41) is 0. The van der Waals surface area contributed by atoms with E-state index in [1.54, 1.807) is 0 Å². The van der Waals surface area contributed by atoms with Gasteiger partial charge in [-0.1, -0.05) is 0 Å². The largest absolute Gasteiger partial charge is 0.300 e. The number of ketones is 1. The van der Waals surface area contributed by atoms with Crippen LogP contribution in [0, 0.1) is 6.15 Å². The minimum atomic E-state index is 0. The Bertz CT molecular complexity index is 29.9. The van der Waals surface area contributed by atoms with E-state index in [2.05, 4.69) is 0 Å². The van der Waals surface area contributed by atoms with Gasteiger partial charge in [0.1, 0.15) is 5.78 Å². The van der Waals surface area contributed by atoms with Crippen LogP contribution in [-0.4, -0.2) is 5.78 Å². The molecule has 0 saturated heterocycles. The summed E-state index contributed by atoms with van der Waals surface area (Å²) in [5.41, 5.74) is 0. The first-order valence-electron chi connectivity index (χ1n) is 1.20. The summed E-state index contributed by atoms with van der Waals surface area (Å²) in [4.78, 5) is 9.44. The molecule has 0 amide bonds. The van der Waals surface area contributed by atoms with Crippen molar-refractivity contribution in [2.45, 2.75) is 13.8 Å². The standard InChI is InChI=1S/C3H6O.He/c1-3(2)4;/h1-2H3;. The van der Waals surface area contributed by atoms with Gasteiger partial charge in [0.15, 0.2) is 0 Å². The van der Waals surface area contributed by atoms with Crippen molar-refractivity contribution in [1.29, 1.82) is 0 Å². The van der Waals surface area contributed by atoms with Gasteiger partial charge in [0.2, 0.25) is 0 Å². The van der Waals surface area contributed by atoms with Crippen LogP contribution in [0.3, 0.4) is 0 Å². The van der Waals surface area contributed by atoms with E-state index in [9.17, 15) is 4.79 Å². The van der Waals surface area contributed by atoms with E-state index in [0.29, 0.717) is 0 Å². The molecule has 0 radical (unpaired) electrons. The van der Waals surface area contributed by atoms with Gasteiger partial charge in [-0.25, -0.2) is 0 Å². The fourth-order valence-corrected chi connectivity index (χ4v) is 0. The van der Waals surface area contributed by atoms with Gasteiger partial charge in [-0.15, -0.1) is 0 Å². The van der Waals surface area contributed by atoms with Crippen molar-refractivity contribution in [3.05, 3.63) is 0 Å². The molecule has 2 heteroatoms. The molecule has 0 heterocycles. The Kier molecular flexibility index (Phi) is 6.31. The van der Waals surface area contributed by atoms with Crippen molar-refractivity contribution < 1.29 is 10.9 Å². The number of hydrogen-bond acceptors (Lipinski definition) is 1. The van der Waals surface area contributed by atoms with E-state index in [4.69, 9.17) is 0 Å². The fraction of sp³-hybridized carbons (Fsp3) is 0.667. The predicted octanol–water partition coefficient (Wildman–Crippen LogP) is 0.595. The molecule has 0 spiro atoms. The quantitative estimate of drug-likeness (QED) is 0.401. The smallest absolute Gasteiger partial charge is 0.126 e. The van der Waals surface area contributed by atoms with Crippen molar-refractivity contribution in [2.24, 2.45) is 0 Å². The molecule has 0 rings (SSSR count). The van der Waals surface area contributed by atoms with Crippen molar-refractivity contribution >= 4 is 5.78 Å². The third kappa shape index (κ3) is 50.4. The van der Waals surface area contributed by atoms with Gasteiger partial charge >= 0.3 is 0 Å². The topological polar surface area (TPSA) is 17.1 Å². The van der Waals surface area contributed by atoms with Gasteiger partial charge in [-0.05, 0) is 13.8 Å². The van der Waals surface area contributed by atoms with Crippen LogP contribution in [0.15, 0.2) is 0 Å². The van der Waals surface area contributed by atoms with Crippen LogP contribution >= 0.6 is 0 Å². The summed E-state index contributed by atoms with van der Waals surface area (Å²) in [6.45, 7) is 3.06. The first kappa shape index (κ1) is 8.82. The molecule has 0 saturated carbocycles. The summed E-state index contributed by atoms with van der Waals surface area (Å²) in [6, 6.07) is 0. The van der Waals surface area contributed by atoms with Gasteiger partial charge in [-0.3, -0.25) is 0 Å². The van der Waals surface area contributed by atoms with Crippen LogP contribution in [0.4, 0.5) is 0 Å². The maximum atomic E-state index is 9.44. The number of carbonyl (C=O) groups excluding carboxylic acids is 1. The molecule has 0 aromatic carbocycles. The Morgan fingerprint density at radius 3 is 1.40 bits per heavy atom. The van der Waals surface area contributed by atoms with Gasteiger partial charge < -0.3 is 4.79 Å². The Morgan fingerprint density at radius 2 is 1.40 bits per heavy atom. The van der Waals surface area contributed by atoms with Crippen LogP contribution < -0.4 is 0 Å². The monoisotopic (exact) mass is 62.0 g/mol. The Morgan fingerprint density at radius 1 is 1.40 bits per heavy atom. The van der Waals surface area contributed by atoms with Crippen molar-refractivity contribution in [3.8, 4) is 0 Å². The Balaban J connectivity index is 0. The summed E-state index contributed by atoms with van der Waals surface area (Å²) in [5.74, 6) is 0.167. The van der Waals surface area contributed by atoms with Crippen LogP contribution in [0.5, 0.6) is 0 Å². The van der Waals surface area contributed by atoms with E-state index in [1.165, 1.54) is 13.8 Å². The number of Topliss-reactive ketones (excluding diaryl/α,β-unsaturated/α-hetero) is 1. The zero-order valence-electron chi connectivity index (χ0n) is 3.62. The molecule has 0 aliphatic carbocycles. The molecule has 1 nitrogen and oxygen atoms in total. The van der Waals surface area contributed by atoms with Gasteiger partial charge in [0.05, 0.1) is 0 Å². The molecule has 5 heavy (non-hydrogen) atoms. The van der Waals surface area contributed by atoms with Crippen LogP contribution in [0.2, 0.25) is 0 Å². The van der Waals surface area contributed by atoms with Crippen molar-refractivity contribution in [2.75, 3.05) is 0 Å². The van der Waals surface area contributed by atoms with Crippen molar-refractivity contribution in [1.82, 2.24) is 0 Å². The molecular weight excluding hydrogens is 56.0 g/mol. The summed E-state index contributed by atoms with van der Waals surface area (Å²) >= 11 is 0. The predicted molar refractivity (Wildman–Crippen MR) is 16.4 cm³/mol. The van der Waals surface area contributed by atoms with Gasteiger partial charge in [-0.2, -0.15) is 0 Å². The van der Waals surface area contributed by atoms with E-state index in [-0.39, 0.29) is 11.9 Å². The number of carbonyl (C=O) groups is 1. The van der Waals surface area contributed by atoms with E-state index >= 15 is 0 Å². The molecule has 0 N–H and O–H groups in total. The molecular formula is C3H6HeO. The molecule has 0 aliphatic heterocycles. The molecule has 0 aromatic heterocycles. The SMILES string of the molecule is CC(C)=O.[He]. The Hall–Kier alpha value is -0.421. The Labute approximate surface area is 31.8 Å². The van der Waals surface area contributed by atoms with E-state index in [0.717, 1.165) is 0 Å². The molecule has 0 aliphatic rings. The molecule has 0 aromatic rings. The van der Waals surface area contributed by atoms with Crippen molar-refractivity contribution in [3.63, 3.8) is 0 Å². The number of hydrogen-bond donors (Lipinski definition) is 0. The summed E-state index contributed by atoms with van der Waals surface area (Å²) < 4.78 is 0. The third-order valence-electron chi connectivity index (χ3n) is 0. The average molecular weight is 62.1 g/mol. The second-order valence-electron chi connectivity index (χ2n) is 0.908. The van der Waals surface area contributed by atoms with E-state index in [1.807, 2.05) is 0 Å². The fourth-order valence-electron chi connectivity index (χ4n) is 0. The molecule has 0 bridgehead atoms. The maximum Gasteiger partial charge on any atom is 0.126 e. The molecule has 0 unspecified atom stereocenters. The second kappa shape index (κ2) is 3.58. The zero-order valence-corrected chi connectivity index (χ0v) is 3.62. The molecule has 0 atom stereocenters. The first-order chi connectivity index (χ1) is 1.73. The summed E-state index contributed by atoms with van der Waals surface area (Å²) in [6.07, 6.45) is 0. The van der Waals surface area contributed by atoms with E-state index < -0.39 is 0 Å². The number of rotatable bonds is 0. The second-order valence-corrected chi connectivity index (χ2v) is 0.908. The zero-order chi connectivity index (χ0) is 3.58. The van der Waals surface area contributed by atoms with Crippen LogP contribution in [0.25, 0.3) is 0 Å². The first-order valence-corrected chi connectivity index (χ1v) is 1.20. The minimum Gasteiger partial charge on any atom is -0.300 e. The minimum absolute atomic E-state index is 0.